The molecule has 7 nitrogen and oxygen atoms in total. The number of carboxylic acids is 1. The third-order valence-electron chi connectivity index (χ3n) is 7.77. The number of ether oxygens (including phenoxy) is 2. The van der Waals surface area contributed by atoms with Crippen LogP contribution in [0.4, 0.5) is 0 Å². The molecule has 0 aromatic heterocycles. The highest BCUT2D eigenvalue weighted by Crippen LogP contribution is 2.31. The summed E-state index contributed by atoms with van der Waals surface area (Å²) in [5.41, 5.74) is 2.02. The quantitative estimate of drug-likeness (QED) is 0.303. The monoisotopic (exact) mass is 583 g/mol. The van der Waals surface area contributed by atoms with Gasteiger partial charge in [0.15, 0.2) is 0 Å². The van der Waals surface area contributed by atoms with Crippen molar-refractivity contribution in [2.75, 3.05) is 13.2 Å². The number of aliphatic carboxylic acids is 1. The van der Waals surface area contributed by atoms with Crippen molar-refractivity contribution < 1.29 is 27.8 Å². The van der Waals surface area contributed by atoms with Crippen LogP contribution in [-0.2, 0) is 14.8 Å². The Morgan fingerprint density at radius 1 is 0.850 bits per heavy atom. The Bertz CT molecular complexity index is 1390. The fourth-order valence-corrected chi connectivity index (χ4v) is 7.24. The van der Waals surface area contributed by atoms with Gasteiger partial charge in [-0.3, -0.25) is 4.79 Å². The summed E-state index contributed by atoms with van der Waals surface area (Å²) < 4.78 is 40.0. The van der Waals surface area contributed by atoms with E-state index in [1.54, 1.807) is 12.1 Å². The predicted molar refractivity (Wildman–Crippen MR) is 154 cm³/mol. The van der Waals surface area contributed by atoms with Crippen molar-refractivity contribution in [3.63, 3.8) is 0 Å². The van der Waals surface area contributed by atoms with Crippen molar-refractivity contribution in [3.8, 4) is 22.6 Å². The van der Waals surface area contributed by atoms with E-state index in [0.29, 0.717) is 35.5 Å². The topological polar surface area (TPSA) is 93.1 Å². The molecule has 0 amide bonds. The van der Waals surface area contributed by atoms with Gasteiger partial charge in [-0.25, -0.2) is 8.42 Å². The van der Waals surface area contributed by atoms with Crippen molar-refractivity contribution in [1.29, 1.82) is 0 Å². The number of piperidine rings is 1. The van der Waals surface area contributed by atoms with Crippen molar-refractivity contribution in [2.24, 2.45) is 5.92 Å². The zero-order valence-corrected chi connectivity index (χ0v) is 23.8. The Kier molecular flexibility index (Phi) is 8.98. The molecule has 1 aliphatic carbocycles. The number of nitrogens with zero attached hydrogens (tertiary/aromatic N) is 1. The highest BCUT2D eigenvalue weighted by molar-refractivity contribution is 7.89. The summed E-state index contributed by atoms with van der Waals surface area (Å²) in [4.78, 5) is 12.2. The molecule has 2 fully saturated rings. The summed E-state index contributed by atoms with van der Waals surface area (Å²) in [5.74, 6) is 0.571. The molecule has 0 radical (unpaired) electrons. The molecule has 1 saturated carbocycles. The minimum Gasteiger partial charge on any atom is -0.493 e. The molecule has 3 aromatic rings. The van der Waals surface area contributed by atoms with Gasteiger partial charge in [-0.05, 0) is 84.8 Å². The van der Waals surface area contributed by atoms with Crippen LogP contribution in [0.1, 0.15) is 44.9 Å². The third-order valence-corrected chi connectivity index (χ3v) is 9.94. The van der Waals surface area contributed by atoms with Crippen molar-refractivity contribution >= 4 is 27.6 Å². The SMILES string of the molecule is O=C(O)[C@H]1C[C@@H](Oc2ccc(-c3ccc(Cl)cc3)cc2)CCN1S(=O)(=O)c1ccc(OCC2CCCCC2)cc1. The van der Waals surface area contributed by atoms with Crippen LogP contribution >= 0.6 is 11.6 Å². The molecule has 212 valence electrons. The minimum absolute atomic E-state index is 0.0484. The van der Waals surface area contributed by atoms with Crippen LogP contribution in [0, 0.1) is 5.92 Å². The Morgan fingerprint density at radius 3 is 2.08 bits per heavy atom. The average Bonchev–Trinajstić information content (AvgIpc) is 2.97. The van der Waals surface area contributed by atoms with Gasteiger partial charge in [0, 0.05) is 18.0 Å². The Balaban J connectivity index is 1.21. The molecule has 2 aliphatic rings. The lowest BCUT2D eigenvalue weighted by atomic mass is 9.90. The molecule has 40 heavy (non-hydrogen) atoms. The van der Waals surface area contributed by atoms with Crippen LogP contribution in [0.2, 0.25) is 5.02 Å². The third kappa shape index (κ3) is 6.79. The fraction of sp³-hybridized carbons (Fsp3) is 0.387. The smallest absolute Gasteiger partial charge is 0.322 e. The number of hydrogen-bond acceptors (Lipinski definition) is 5. The summed E-state index contributed by atoms with van der Waals surface area (Å²) in [5, 5.41) is 10.6. The molecule has 2 atom stereocenters. The lowest BCUT2D eigenvalue weighted by molar-refractivity contribution is -0.143. The first-order valence-corrected chi connectivity index (χ1v) is 15.6. The van der Waals surface area contributed by atoms with Gasteiger partial charge in [0.1, 0.15) is 23.6 Å². The second-order valence-corrected chi connectivity index (χ2v) is 12.9. The molecule has 1 aliphatic heterocycles. The fourth-order valence-electron chi connectivity index (χ4n) is 5.50. The molecule has 1 heterocycles. The van der Waals surface area contributed by atoms with Crippen LogP contribution < -0.4 is 9.47 Å². The van der Waals surface area contributed by atoms with Crippen LogP contribution in [0.5, 0.6) is 11.5 Å². The summed E-state index contributed by atoms with van der Waals surface area (Å²) in [6.45, 7) is 0.678. The Labute approximate surface area is 240 Å². The molecule has 3 aromatic carbocycles. The van der Waals surface area contributed by atoms with E-state index in [-0.39, 0.29) is 17.9 Å². The number of sulfonamides is 1. The lowest BCUT2D eigenvalue weighted by Crippen LogP contribution is -2.52. The predicted octanol–water partition coefficient (Wildman–Crippen LogP) is 6.65. The number of rotatable bonds is 9. The number of hydrogen-bond donors (Lipinski definition) is 1. The summed E-state index contributed by atoms with van der Waals surface area (Å²) >= 11 is 5.97. The second-order valence-electron chi connectivity index (χ2n) is 10.6. The summed E-state index contributed by atoms with van der Waals surface area (Å²) in [6.07, 6.45) is 6.07. The van der Waals surface area contributed by atoms with Crippen LogP contribution in [0.3, 0.4) is 0 Å². The van der Waals surface area contributed by atoms with E-state index in [1.807, 2.05) is 48.5 Å². The van der Waals surface area contributed by atoms with Gasteiger partial charge in [-0.2, -0.15) is 4.31 Å². The van der Waals surface area contributed by atoms with E-state index < -0.39 is 28.1 Å². The van der Waals surface area contributed by atoms with Gasteiger partial charge >= 0.3 is 5.97 Å². The van der Waals surface area contributed by atoms with E-state index in [9.17, 15) is 18.3 Å². The van der Waals surface area contributed by atoms with Gasteiger partial charge in [-0.1, -0.05) is 55.1 Å². The number of benzene rings is 3. The largest absolute Gasteiger partial charge is 0.493 e. The zero-order chi connectivity index (χ0) is 28.1. The van der Waals surface area contributed by atoms with Crippen LogP contribution in [0.25, 0.3) is 11.1 Å². The van der Waals surface area contributed by atoms with Gasteiger partial charge in [0.2, 0.25) is 10.0 Å². The first kappa shape index (κ1) is 28.5. The maximum Gasteiger partial charge on any atom is 0.322 e. The van der Waals surface area contributed by atoms with Crippen molar-refractivity contribution in [3.05, 3.63) is 77.8 Å². The Hall–Kier alpha value is -3.07. The Morgan fingerprint density at radius 2 is 1.45 bits per heavy atom. The van der Waals surface area contributed by atoms with Gasteiger partial charge in [0.25, 0.3) is 0 Å². The van der Waals surface area contributed by atoms with Crippen LogP contribution in [-0.4, -0.2) is 49.1 Å². The van der Waals surface area contributed by atoms with Crippen LogP contribution in [0.15, 0.2) is 77.7 Å². The molecule has 0 spiro atoms. The molecule has 1 saturated heterocycles. The summed E-state index contributed by atoms with van der Waals surface area (Å²) in [6, 6.07) is 20.1. The molecule has 9 heteroatoms. The number of halogens is 1. The molecule has 5 rings (SSSR count). The zero-order valence-electron chi connectivity index (χ0n) is 22.2. The highest BCUT2D eigenvalue weighted by atomic mass is 35.5. The highest BCUT2D eigenvalue weighted by Gasteiger charge is 2.41. The first-order valence-electron chi connectivity index (χ1n) is 13.8. The minimum atomic E-state index is -4.01. The van der Waals surface area contributed by atoms with E-state index in [4.69, 9.17) is 21.1 Å². The second kappa shape index (κ2) is 12.6. The molecular weight excluding hydrogens is 550 g/mol. The van der Waals surface area contributed by atoms with Crippen molar-refractivity contribution in [2.45, 2.75) is 62.0 Å². The van der Waals surface area contributed by atoms with E-state index >= 15 is 0 Å². The summed E-state index contributed by atoms with van der Waals surface area (Å²) in [7, 11) is -4.01. The maximum absolute atomic E-state index is 13.4. The standard InChI is InChI=1S/C31H34ClNO6S/c32-25-10-6-23(7-11-25)24-8-12-27(13-9-24)39-28-18-19-33(30(20-28)31(34)35)40(36,37)29-16-14-26(15-17-29)38-21-22-4-2-1-3-5-22/h6-17,22,28,30H,1-5,18-21H2,(H,34,35)/t28-,30+/m0/s1. The average molecular weight is 584 g/mol. The molecule has 1 N–H and O–H groups in total. The van der Waals surface area contributed by atoms with Gasteiger partial charge < -0.3 is 14.6 Å². The number of carbonyl (C=O) groups is 1. The van der Waals surface area contributed by atoms with E-state index in [2.05, 4.69) is 0 Å². The first-order chi connectivity index (χ1) is 19.3. The molecular formula is C31H34ClNO6S. The van der Waals surface area contributed by atoms with Gasteiger partial charge in [-0.15, -0.1) is 0 Å². The lowest BCUT2D eigenvalue weighted by Gasteiger charge is -2.36. The number of carboxylic acid groups (broad SMARTS) is 1. The molecule has 0 bridgehead atoms. The van der Waals surface area contributed by atoms with Gasteiger partial charge in [0.05, 0.1) is 11.5 Å². The van der Waals surface area contributed by atoms with E-state index in [1.165, 1.54) is 31.4 Å². The normalized spacial score (nSPS) is 20.6. The van der Waals surface area contributed by atoms with E-state index in [0.717, 1.165) is 28.3 Å². The molecule has 0 unspecified atom stereocenters. The van der Waals surface area contributed by atoms with Crippen molar-refractivity contribution in [1.82, 2.24) is 4.31 Å². The maximum atomic E-state index is 13.4.